The fourth-order valence-corrected chi connectivity index (χ4v) is 2.11. The van der Waals surface area contributed by atoms with Crippen LogP contribution in [-0.4, -0.2) is 55.4 Å². The monoisotopic (exact) mass is 234 g/mol. The van der Waals surface area contributed by atoms with E-state index in [1.807, 2.05) is 0 Å². The first-order chi connectivity index (χ1) is 5.72. The molecule has 0 aliphatic carbocycles. The van der Waals surface area contributed by atoms with Gasteiger partial charge in [-0.1, -0.05) is 15.9 Å². The van der Waals surface area contributed by atoms with Crippen LogP contribution in [0, 0.1) is 5.92 Å². The minimum atomic E-state index is 0.896. The van der Waals surface area contributed by atoms with Gasteiger partial charge in [-0.3, -0.25) is 0 Å². The molecule has 3 heteroatoms. The van der Waals surface area contributed by atoms with Crippen molar-refractivity contribution in [2.75, 3.05) is 45.6 Å². The van der Waals surface area contributed by atoms with Gasteiger partial charge in [-0.2, -0.15) is 0 Å². The van der Waals surface area contributed by atoms with E-state index in [9.17, 15) is 0 Å². The summed E-state index contributed by atoms with van der Waals surface area (Å²) in [5, 5.41) is 1.17. The van der Waals surface area contributed by atoms with Gasteiger partial charge in [0.2, 0.25) is 0 Å². The Morgan fingerprint density at radius 1 is 1.50 bits per heavy atom. The summed E-state index contributed by atoms with van der Waals surface area (Å²) >= 11 is 3.55. The number of hydrogen-bond donors (Lipinski definition) is 0. The third-order valence-electron chi connectivity index (χ3n) is 2.45. The molecule has 0 saturated carbocycles. The molecular formula is C9H19BrN2. The molecule has 0 radical (unpaired) electrons. The summed E-state index contributed by atoms with van der Waals surface area (Å²) in [7, 11) is 4.27. The molecule has 1 atom stereocenters. The van der Waals surface area contributed by atoms with E-state index < -0.39 is 0 Å². The predicted molar refractivity (Wildman–Crippen MR) is 56.9 cm³/mol. The molecule has 1 saturated heterocycles. The largest absolute Gasteiger partial charge is 0.308 e. The van der Waals surface area contributed by atoms with Gasteiger partial charge in [-0.25, -0.2) is 0 Å². The van der Waals surface area contributed by atoms with Crippen molar-refractivity contribution in [1.29, 1.82) is 0 Å². The summed E-state index contributed by atoms with van der Waals surface area (Å²) in [6.07, 6.45) is 1.37. The minimum Gasteiger partial charge on any atom is -0.308 e. The molecule has 0 aromatic heterocycles. The van der Waals surface area contributed by atoms with Crippen LogP contribution in [0.1, 0.15) is 6.42 Å². The first kappa shape index (κ1) is 10.5. The number of likely N-dealkylation sites (tertiary alicyclic amines) is 1. The van der Waals surface area contributed by atoms with Crippen LogP contribution in [0.2, 0.25) is 0 Å². The Morgan fingerprint density at radius 3 is 2.75 bits per heavy atom. The number of hydrogen-bond acceptors (Lipinski definition) is 2. The number of likely N-dealkylation sites (N-methyl/N-ethyl adjacent to an activating group) is 1. The molecule has 72 valence electrons. The van der Waals surface area contributed by atoms with Gasteiger partial charge < -0.3 is 9.80 Å². The van der Waals surface area contributed by atoms with Gasteiger partial charge in [0, 0.05) is 25.0 Å². The Balaban J connectivity index is 2.11. The molecule has 1 aliphatic heterocycles. The molecule has 0 spiro atoms. The number of rotatable bonds is 4. The fraction of sp³-hybridized carbons (Fsp3) is 1.00. The SMILES string of the molecule is CN(C)CCN1CCC(CBr)C1. The van der Waals surface area contributed by atoms with Gasteiger partial charge in [0.05, 0.1) is 0 Å². The number of nitrogens with zero attached hydrogens (tertiary/aromatic N) is 2. The molecule has 12 heavy (non-hydrogen) atoms. The highest BCUT2D eigenvalue weighted by Gasteiger charge is 2.20. The van der Waals surface area contributed by atoms with E-state index in [4.69, 9.17) is 0 Å². The minimum absolute atomic E-state index is 0.896. The predicted octanol–water partition coefficient (Wildman–Crippen LogP) is 1.26. The fourth-order valence-electron chi connectivity index (χ4n) is 1.58. The van der Waals surface area contributed by atoms with Crippen LogP contribution >= 0.6 is 15.9 Å². The first-order valence-corrected chi connectivity index (χ1v) is 5.77. The number of halogens is 1. The zero-order valence-corrected chi connectivity index (χ0v) is 9.68. The van der Waals surface area contributed by atoms with Crippen molar-refractivity contribution in [1.82, 2.24) is 9.80 Å². The molecule has 1 rings (SSSR count). The molecule has 0 aromatic carbocycles. The highest BCUT2D eigenvalue weighted by atomic mass is 79.9. The third kappa shape index (κ3) is 3.42. The van der Waals surface area contributed by atoms with E-state index >= 15 is 0 Å². The second-order valence-corrected chi connectivity index (χ2v) is 4.56. The van der Waals surface area contributed by atoms with Gasteiger partial charge >= 0.3 is 0 Å². The van der Waals surface area contributed by atoms with E-state index in [0.29, 0.717) is 0 Å². The van der Waals surface area contributed by atoms with Crippen molar-refractivity contribution >= 4 is 15.9 Å². The summed E-state index contributed by atoms with van der Waals surface area (Å²) in [5.41, 5.74) is 0. The average Bonchev–Trinajstić information content (AvgIpc) is 2.48. The Kier molecular flexibility index (Phi) is 4.54. The standard InChI is InChI=1S/C9H19BrN2/c1-11(2)5-6-12-4-3-9(7-10)8-12/h9H,3-8H2,1-2H3. The maximum absolute atomic E-state index is 3.55. The molecular weight excluding hydrogens is 216 g/mol. The maximum Gasteiger partial charge on any atom is 0.0109 e. The lowest BCUT2D eigenvalue weighted by molar-refractivity contribution is 0.278. The van der Waals surface area contributed by atoms with Crippen molar-refractivity contribution < 1.29 is 0 Å². The lowest BCUT2D eigenvalue weighted by Crippen LogP contribution is -2.30. The van der Waals surface area contributed by atoms with Crippen LogP contribution in [-0.2, 0) is 0 Å². The third-order valence-corrected chi connectivity index (χ3v) is 3.37. The molecule has 0 amide bonds. The Bertz CT molecular complexity index is 128. The second-order valence-electron chi connectivity index (χ2n) is 3.91. The molecule has 1 aliphatic rings. The summed E-state index contributed by atoms with van der Waals surface area (Å²) in [6.45, 7) is 5.01. The van der Waals surface area contributed by atoms with Crippen LogP contribution in [0.15, 0.2) is 0 Å². The molecule has 1 heterocycles. The van der Waals surface area contributed by atoms with E-state index in [-0.39, 0.29) is 0 Å². The van der Waals surface area contributed by atoms with Gasteiger partial charge in [-0.05, 0) is 33.0 Å². The highest BCUT2D eigenvalue weighted by molar-refractivity contribution is 9.09. The molecule has 1 fully saturated rings. The number of alkyl halides is 1. The van der Waals surface area contributed by atoms with Gasteiger partial charge in [0.25, 0.3) is 0 Å². The van der Waals surface area contributed by atoms with Crippen molar-refractivity contribution in [2.24, 2.45) is 5.92 Å². The molecule has 1 unspecified atom stereocenters. The quantitative estimate of drug-likeness (QED) is 0.677. The van der Waals surface area contributed by atoms with Crippen LogP contribution in [0.3, 0.4) is 0 Å². The van der Waals surface area contributed by atoms with E-state index in [1.54, 1.807) is 0 Å². The Morgan fingerprint density at radius 2 is 2.25 bits per heavy atom. The van der Waals surface area contributed by atoms with Gasteiger partial charge in [0.15, 0.2) is 0 Å². The van der Waals surface area contributed by atoms with Crippen molar-refractivity contribution in [2.45, 2.75) is 6.42 Å². The normalized spacial score (nSPS) is 25.5. The summed E-state index contributed by atoms with van der Waals surface area (Å²) in [4.78, 5) is 4.81. The van der Waals surface area contributed by atoms with Gasteiger partial charge in [0.1, 0.15) is 0 Å². The highest BCUT2D eigenvalue weighted by Crippen LogP contribution is 2.17. The Hall–Kier alpha value is 0.400. The topological polar surface area (TPSA) is 6.48 Å². The van der Waals surface area contributed by atoms with E-state index in [2.05, 4.69) is 39.8 Å². The van der Waals surface area contributed by atoms with Crippen molar-refractivity contribution in [3.8, 4) is 0 Å². The van der Waals surface area contributed by atoms with Gasteiger partial charge in [-0.15, -0.1) is 0 Å². The Labute approximate surface area is 84.0 Å². The summed E-state index contributed by atoms with van der Waals surface area (Å²) in [6, 6.07) is 0. The van der Waals surface area contributed by atoms with E-state index in [1.165, 1.54) is 37.9 Å². The zero-order valence-electron chi connectivity index (χ0n) is 8.09. The zero-order chi connectivity index (χ0) is 8.97. The second kappa shape index (κ2) is 5.20. The molecule has 0 bridgehead atoms. The molecule has 0 aromatic rings. The van der Waals surface area contributed by atoms with Crippen LogP contribution in [0.5, 0.6) is 0 Å². The van der Waals surface area contributed by atoms with Crippen molar-refractivity contribution in [3.05, 3.63) is 0 Å². The lowest BCUT2D eigenvalue weighted by Gasteiger charge is -2.18. The smallest absolute Gasteiger partial charge is 0.0109 e. The first-order valence-electron chi connectivity index (χ1n) is 4.65. The summed E-state index contributed by atoms with van der Waals surface area (Å²) in [5.74, 6) is 0.896. The van der Waals surface area contributed by atoms with Crippen LogP contribution < -0.4 is 0 Å². The molecule has 2 nitrogen and oxygen atoms in total. The summed E-state index contributed by atoms with van der Waals surface area (Å²) < 4.78 is 0. The van der Waals surface area contributed by atoms with Crippen LogP contribution in [0.4, 0.5) is 0 Å². The average molecular weight is 235 g/mol. The lowest BCUT2D eigenvalue weighted by atomic mass is 10.2. The van der Waals surface area contributed by atoms with Crippen LogP contribution in [0.25, 0.3) is 0 Å². The van der Waals surface area contributed by atoms with E-state index in [0.717, 1.165) is 5.92 Å². The van der Waals surface area contributed by atoms with Crippen molar-refractivity contribution in [3.63, 3.8) is 0 Å². The maximum atomic E-state index is 3.55. The molecule has 0 N–H and O–H groups in total.